The zero-order chi connectivity index (χ0) is 24.0. The maximum atomic E-state index is 13.0. The van der Waals surface area contributed by atoms with E-state index in [0.29, 0.717) is 24.5 Å². The zero-order valence-electron chi connectivity index (χ0n) is 19.5. The lowest BCUT2D eigenvalue weighted by atomic mass is 10.2. The molecule has 6 nitrogen and oxygen atoms in total. The lowest BCUT2D eigenvalue weighted by Gasteiger charge is -2.19. The minimum absolute atomic E-state index is 0.0788. The quantitative estimate of drug-likeness (QED) is 0.321. The van der Waals surface area contributed by atoms with Crippen LogP contribution in [-0.2, 0) is 20.9 Å². The van der Waals surface area contributed by atoms with Gasteiger partial charge in [0.2, 0.25) is 11.8 Å². The van der Waals surface area contributed by atoms with Gasteiger partial charge in [0.1, 0.15) is 17.5 Å². The Morgan fingerprint density at radius 3 is 2.15 bits per heavy atom. The number of carbonyl (C=O) groups excluding carboxylic acids is 2. The van der Waals surface area contributed by atoms with Crippen molar-refractivity contribution in [2.75, 3.05) is 11.9 Å². The van der Waals surface area contributed by atoms with Gasteiger partial charge in [-0.2, -0.15) is 0 Å². The SMILES string of the molecule is CCCCCC(=O)NC(COCc1ccccc1)C(=O)Nc1ccc(Oc2ccccc2)cc1. The molecular formula is C28H32N2O4. The third-order valence-electron chi connectivity index (χ3n) is 5.16. The molecule has 6 heteroatoms. The van der Waals surface area contributed by atoms with E-state index in [1.54, 1.807) is 24.3 Å². The van der Waals surface area contributed by atoms with Crippen molar-refractivity contribution in [2.24, 2.45) is 0 Å². The molecule has 0 saturated carbocycles. The molecule has 178 valence electrons. The highest BCUT2D eigenvalue weighted by molar-refractivity contribution is 5.97. The van der Waals surface area contributed by atoms with E-state index in [1.807, 2.05) is 60.7 Å². The Labute approximate surface area is 201 Å². The lowest BCUT2D eigenvalue weighted by molar-refractivity contribution is -0.128. The van der Waals surface area contributed by atoms with Crippen molar-refractivity contribution < 1.29 is 19.1 Å². The second kappa shape index (κ2) is 13.8. The van der Waals surface area contributed by atoms with E-state index < -0.39 is 6.04 Å². The van der Waals surface area contributed by atoms with Crippen LogP contribution < -0.4 is 15.4 Å². The Kier molecular flexibility index (Phi) is 10.1. The van der Waals surface area contributed by atoms with Gasteiger partial charge in [-0.05, 0) is 48.4 Å². The number of amides is 2. The molecule has 0 fully saturated rings. The Balaban J connectivity index is 1.57. The van der Waals surface area contributed by atoms with Gasteiger partial charge in [0.25, 0.3) is 0 Å². The summed E-state index contributed by atoms with van der Waals surface area (Å²) < 4.78 is 11.5. The Hall–Kier alpha value is -3.64. The van der Waals surface area contributed by atoms with Gasteiger partial charge in [0, 0.05) is 12.1 Å². The Morgan fingerprint density at radius 2 is 1.47 bits per heavy atom. The fourth-order valence-corrected chi connectivity index (χ4v) is 3.31. The highest BCUT2D eigenvalue weighted by atomic mass is 16.5. The smallest absolute Gasteiger partial charge is 0.249 e. The van der Waals surface area contributed by atoms with Crippen LogP contribution in [0.15, 0.2) is 84.9 Å². The predicted molar refractivity (Wildman–Crippen MR) is 134 cm³/mol. The summed E-state index contributed by atoms with van der Waals surface area (Å²) >= 11 is 0. The topological polar surface area (TPSA) is 76.7 Å². The molecule has 1 unspecified atom stereocenters. The van der Waals surface area contributed by atoms with Gasteiger partial charge >= 0.3 is 0 Å². The molecule has 0 spiro atoms. The summed E-state index contributed by atoms with van der Waals surface area (Å²) in [6.45, 7) is 2.53. The van der Waals surface area contributed by atoms with Crippen LogP contribution in [0.25, 0.3) is 0 Å². The van der Waals surface area contributed by atoms with Gasteiger partial charge in [0.15, 0.2) is 0 Å². The molecule has 0 aliphatic carbocycles. The standard InChI is InChI=1S/C28H32N2O4/c1-2-3-6-15-27(31)30-26(21-33-20-22-11-7-4-8-12-22)28(32)29-23-16-18-25(19-17-23)34-24-13-9-5-10-14-24/h4-5,7-14,16-19,26H,2-3,6,15,20-21H2,1H3,(H,29,32)(H,30,31). The van der Waals surface area contributed by atoms with Gasteiger partial charge in [-0.3, -0.25) is 9.59 Å². The van der Waals surface area contributed by atoms with E-state index >= 15 is 0 Å². The van der Waals surface area contributed by atoms with Gasteiger partial charge in [-0.25, -0.2) is 0 Å². The number of rotatable bonds is 13. The molecule has 1 atom stereocenters. The number of ether oxygens (including phenoxy) is 2. The number of unbranched alkanes of at least 4 members (excludes halogenated alkanes) is 2. The van der Waals surface area contributed by atoms with Gasteiger partial charge in [0.05, 0.1) is 13.2 Å². The summed E-state index contributed by atoms with van der Waals surface area (Å²) in [5.41, 5.74) is 1.61. The summed E-state index contributed by atoms with van der Waals surface area (Å²) in [5, 5.41) is 5.69. The largest absolute Gasteiger partial charge is 0.457 e. The molecule has 0 aromatic heterocycles. The first-order chi connectivity index (χ1) is 16.6. The van der Waals surface area contributed by atoms with Crippen LogP contribution in [0.5, 0.6) is 11.5 Å². The maximum Gasteiger partial charge on any atom is 0.249 e. The summed E-state index contributed by atoms with van der Waals surface area (Å²) in [6, 6.07) is 25.5. The summed E-state index contributed by atoms with van der Waals surface area (Å²) in [7, 11) is 0. The van der Waals surface area contributed by atoms with E-state index in [9.17, 15) is 9.59 Å². The van der Waals surface area contributed by atoms with Crippen molar-refractivity contribution >= 4 is 17.5 Å². The third kappa shape index (κ3) is 8.71. The fraction of sp³-hybridized carbons (Fsp3) is 0.286. The highest BCUT2D eigenvalue weighted by Crippen LogP contribution is 2.22. The van der Waals surface area contributed by atoms with Crippen LogP contribution in [0.2, 0.25) is 0 Å². The van der Waals surface area contributed by atoms with Gasteiger partial charge in [-0.15, -0.1) is 0 Å². The molecule has 0 radical (unpaired) electrons. The number of hydrogen-bond donors (Lipinski definition) is 2. The normalized spacial score (nSPS) is 11.4. The monoisotopic (exact) mass is 460 g/mol. The molecule has 34 heavy (non-hydrogen) atoms. The number of para-hydroxylation sites is 1. The average Bonchev–Trinajstić information content (AvgIpc) is 2.86. The summed E-state index contributed by atoms with van der Waals surface area (Å²) in [4.78, 5) is 25.3. The van der Waals surface area contributed by atoms with Crippen LogP contribution in [-0.4, -0.2) is 24.5 Å². The third-order valence-corrected chi connectivity index (χ3v) is 5.16. The second-order valence-corrected chi connectivity index (χ2v) is 8.01. The van der Waals surface area contributed by atoms with Gasteiger partial charge < -0.3 is 20.1 Å². The average molecular weight is 461 g/mol. The molecule has 2 amide bonds. The predicted octanol–water partition coefficient (Wildman–Crippen LogP) is 5.70. The number of nitrogens with one attached hydrogen (secondary N) is 2. The first-order valence-corrected chi connectivity index (χ1v) is 11.7. The fourth-order valence-electron chi connectivity index (χ4n) is 3.31. The molecule has 0 bridgehead atoms. The van der Waals surface area contributed by atoms with E-state index in [4.69, 9.17) is 9.47 Å². The molecule has 0 heterocycles. The van der Waals surface area contributed by atoms with Crippen LogP contribution in [0.4, 0.5) is 5.69 Å². The number of benzene rings is 3. The van der Waals surface area contributed by atoms with E-state index in [0.717, 1.165) is 30.6 Å². The Bertz CT molecular complexity index is 1010. The van der Waals surface area contributed by atoms with Crippen LogP contribution >= 0.6 is 0 Å². The van der Waals surface area contributed by atoms with Gasteiger partial charge in [-0.1, -0.05) is 68.3 Å². The molecule has 0 aliphatic heterocycles. The van der Waals surface area contributed by atoms with E-state index in [-0.39, 0.29) is 18.4 Å². The van der Waals surface area contributed by atoms with E-state index in [2.05, 4.69) is 17.6 Å². The van der Waals surface area contributed by atoms with Crippen molar-refractivity contribution in [3.05, 3.63) is 90.5 Å². The van der Waals surface area contributed by atoms with Crippen LogP contribution in [0, 0.1) is 0 Å². The van der Waals surface area contributed by atoms with Crippen molar-refractivity contribution in [1.29, 1.82) is 0 Å². The van der Waals surface area contributed by atoms with Crippen molar-refractivity contribution in [3.63, 3.8) is 0 Å². The number of anilines is 1. The summed E-state index contributed by atoms with van der Waals surface area (Å²) in [5.74, 6) is 0.925. The van der Waals surface area contributed by atoms with Crippen molar-refractivity contribution in [3.8, 4) is 11.5 Å². The molecular weight excluding hydrogens is 428 g/mol. The van der Waals surface area contributed by atoms with Crippen molar-refractivity contribution in [2.45, 2.75) is 45.3 Å². The second-order valence-electron chi connectivity index (χ2n) is 8.01. The molecule has 3 aromatic rings. The first kappa shape index (κ1) is 25.0. The number of hydrogen-bond acceptors (Lipinski definition) is 4. The molecule has 0 aliphatic rings. The lowest BCUT2D eigenvalue weighted by Crippen LogP contribution is -2.46. The first-order valence-electron chi connectivity index (χ1n) is 11.7. The maximum absolute atomic E-state index is 13.0. The van der Waals surface area contributed by atoms with Crippen LogP contribution in [0.3, 0.4) is 0 Å². The molecule has 3 aromatic carbocycles. The molecule has 0 saturated heterocycles. The Morgan fingerprint density at radius 1 is 0.824 bits per heavy atom. The summed E-state index contributed by atoms with van der Waals surface area (Å²) in [6.07, 6.45) is 3.19. The van der Waals surface area contributed by atoms with Crippen LogP contribution in [0.1, 0.15) is 38.2 Å². The minimum Gasteiger partial charge on any atom is -0.457 e. The number of carbonyl (C=O) groups is 2. The highest BCUT2D eigenvalue weighted by Gasteiger charge is 2.21. The minimum atomic E-state index is -0.793. The van der Waals surface area contributed by atoms with Crippen molar-refractivity contribution in [1.82, 2.24) is 5.32 Å². The molecule has 2 N–H and O–H groups in total. The van der Waals surface area contributed by atoms with E-state index in [1.165, 1.54) is 0 Å². The zero-order valence-corrected chi connectivity index (χ0v) is 19.5. The molecule has 3 rings (SSSR count).